The maximum absolute atomic E-state index is 12.7. The second-order valence-electron chi connectivity index (χ2n) is 6.23. The Balaban J connectivity index is 2.02. The average Bonchev–Trinajstić information content (AvgIpc) is 2.65. The minimum atomic E-state index is -3.76. The van der Waals surface area contributed by atoms with Gasteiger partial charge in [0.05, 0.1) is 11.4 Å². The molecule has 0 aliphatic heterocycles. The number of benzene rings is 2. The van der Waals surface area contributed by atoms with Crippen molar-refractivity contribution in [2.75, 3.05) is 18.4 Å². The molecule has 0 aromatic heterocycles. The number of unbranched alkanes of at least 4 members (excludes halogenated alkanes) is 1. The zero-order valence-corrected chi connectivity index (χ0v) is 17.2. The predicted molar refractivity (Wildman–Crippen MR) is 110 cm³/mol. The molecule has 0 atom stereocenters. The van der Waals surface area contributed by atoms with Crippen LogP contribution >= 0.6 is 11.6 Å². The maximum Gasteiger partial charge on any atom is 0.243 e. The van der Waals surface area contributed by atoms with Crippen LogP contribution in [0.25, 0.3) is 0 Å². The number of anilines is 1. The molecule has 0 heterocycles. The second kappa shape index (κ2) is 9.88. The molecule has 0 aliphatic rings. The van der Waals surface area contributed by atoms with Crippen LogP contribution in [0, 0.1) is 0 Å². The summed E-state index contributed by atoms with van der Waals surface area (Å²) in [5.41, 5.74) is 1.87. The molecule has 2 aromatic carbocycles. The molecule has 0 bridgehead atoms. The van der Waals surface area contributed by atoms with Gasteiger partial charge in [0, 0.05) is 17.3 Å². The van der Waals surface area contributed by atoms with Crippen molar-refractivity contribution in [2.45, 2.75) is 38.0 Å². The summed E-state index contributed by atoms with van der Waals surface area (Å²) in [6.07, 6.45) is 3.26. The number of aryl methyl sites for hydroxylation is 1. The van der Waals surface area contributed by atoms with Crippen molar-refractivity contribution in [3.63, 3.8) is 0 Å². The van der Waals surface area contributed by atoms with Crippen LogP contribution in [0.2, 0.25) is 5.02 Å². The lowest BCUT2D eigenvalue weighted by atomic mass is 10.1. The minimum absolute atomic E-state index is 0.113. The predicted octanol–water partition coefficient (Wildman–Crippen LogP) is 4.33. The third kappa shape index (κ3) is 6.06. The highest BCUT2D eigenvalue weighted by atomic mass is 35.5. The van der Waals surface area contributed by atoms with Gasteiger partial charge in [0.15, 0.2) is 0 Å². The molecule has 0 fully saturated rings. The van der Waals surface area contributed by atoms with E-state index in [0.29, 0.717) is 10.7 Å². The van der Waals surface area contributed by atoms with Crippen LogP contribution in [-0.2, 0) is 21.2 Å². The Labute approximate surface area is 166 Å². The number of rotatable bonds is 9. The molecule has 146 valence electrons. The van der Waals surface area contributed by atoms with Gasteiger partial charge in [-0.05, 0) is 54.8 Å². The number of likely N-dealkylation sites (N-methyl/N-ethyl adjacent to an activating group) is 1. The minimum Gasteiger partial charge on any atom is -0.325 e. The van der Waals surface area contributed by atoms with E-state index in [9.17, 15) is 13.2 Å². The van der Waals surface area contributed by atoms with E-state index in [-0.39, 0.29) is 23.9 Å². The van der Waals surface area contributed by atoms with Crippen molar-refractivity contribution in [1.29, 1.82) is 0 Å². The number of carbonyl (C=O) groups is 1. The van der Waals surface area contributed by atoms with Gasteiger partial charge in [0.2, 0.25) is 15.9 Å². The number of hydrogen-bond donors (Lipinski definition) is 1. The molecule has 0 spiro atoms. The summed E-state index contributed by atoms with van der Waals surface area (Å²) < 4.78 is 26.6. The number of halogens is 1. The zero-order valence-electron chi connectivity index (χ0n) is 15.6. The zero-order chi connectivity index (χ0) is 19.9. The van der Waals surface area contributed by atoms with Crippen LogP contribution in [0.1, 0.15) is 32.3 Å². The van der Waals surface area contributed by atoms with Crippen LogP contribution in [0.15, 0.2) is 53.4 Å². The Bertz CT molecular complexity index is 850. The topological polar surface area (TPSA) is 66.5 Å². The summed E-state index contributed by atoms with van der Waals surface area (Å²) in [6, 6.07) is 13.5. The maximum atomic E-state index is 12.7. The number of carbonyl (C=O) groups excluding carboxylic acids is 1. The first-order valence-electron chi connectivity index (χ1n) is 9.01. The Kier molecular flexibility index (Phi) is 7.83. The van der Waals surface area contributed by atoms with Crippen LogP contribution in [0.5, 0.6) is 0 Å². The molecular weight excluding hydrogens is 384 g/mol. The highest BCUT2D eigenvalue weighted by Gasteiger charge is 2.25. The Morgan fingerprint density at radius 2 is 1.67 bits per heavy atom. The Hall–Kier alpha value is -1.89. The third-order valence-corrected chi connectivity index (χ3v) is 6.37. The summed E-state index contributed by atoms with van der Waals surface area (Å²) in [5.74, 6) is -0.379. The van der Waals surface area contributed by atoms with Crippen molar-refractivity contribution < 1.29 is 13.2 Å². The van der Waals surface area contributed by atoms with Gasteiger partial charge in [0.1, 0.15) is 0 Å². The monoisotopic (exact) mass is 408 g/mol. The van der Waals surface area contributed by atoms with E-state index >= 15 is 0 Å². The van der Waals surface area contributed by atoms with E-state index in [1.807, 2.05) is 24.3 Å². The summed E-state index contributed by atoms with van der Waals surface area (Å²) in [4.78, 5) is 12.4. The first kappa shape index (κ1) is 21.4. The van der Waals surface area contributed by atoms with Crippen LogP contribution in [0.3, 0.4) is 0 Å². The van der Waals surface area contributed by atoms with Crippen molar-refractivity contribution in [3.8, 4) is 0 Å². The molecule has 5 nitrogen and oxygen atoms in total. The summed E-state index contributed by atoms with van der Waals surface area (Å²) in [6.45, 7) is 3.78. The number of hydrogen-bond acceptors (Lipinski definition) is 3. The second-order valence-corrected chi connectivity index (χ2v) is 8.61. The fraction of sp³-hybridized carbons (Fsp3) is 0.350. The average molecular weight is 409 g/mol. The van der Waals surface area contributed by atoms with Gasteiger partial charge < -0.3 is 5.32 Å². The Morgan fingerprint density at radius 1 is 1.04 bits per heavy atom. The van der Waals surface area contributed by atoms with Crippen molar-refractivity contribution in [3.05, 3.63) is 59.1 Å². The molecule has 0 saturated heterocycles. The summed E-state index contributed by atoms with van der Waals surface area (Å²) >= 11 is 5.82. The van der Waals surface area contributed by atoms with Gasteiger partial charge >= 0.3 is 0 Å². The lowest BCUT2D eigenvalue weighted by Gasteiger charge is -2.20. The third-order valence-electron chi connectivity index (χ3n) is 4.18. The van der Waals surface area contributed by atoms with Gasteiger partial charge in [-0.3, -0.25) is 4.79 Å². The number of nitrogens with one attached hydrogen (secondary N) is 1. The van der Waals surface area contributed by atoms with E-state index in [0.717, 1.165) is 23.6 Å². The highest BCUT2D eigenvalue weighted by Crippen LogP contribution is 2.19. The van der Waals surface area contributed by atoms with Gasteiger partial charge in [0.25, 0.3) is 0 Å². The van der Waals surface area contributed by atoms with Crippen molar-refractivity contribution >= 4 is 33.2 Å². The number of nitrogens with zero attached hydrogens (tertiary/aromatic N) is 1. The van der Waals surface area contributed by atoms with E-state index in [1.54, 1.807) is 6.92 Å². The highest BCUT2D eigenvalue weighted by molar-refractivity contribution is 7.89. The summed E-state index contributed by atoms with van der Waals surface area (Å²) in [7, 11) is -3.76. The molecule has 27 heavy (non-hydrogen) atoms. The molecular formula is C20H25ClN2O3S. The van der Waals surface area contributed by atoms with E-state index in [4.69, 9.17) is 11.6 Å². The van der Waals surface area contributed by atoms with Gasteiger partial charge in [-0.2, -0.15) is 4.31 Å². The standard InChI is InChI=1S/C20H25ClN2O3S/c1-3-5-6-16-7-11-18(12-8-16)22-20(24)15-23(4-2)27(25,26)19-13-9-17(21)10-14-19/h7-14H,3-6,15H2,1-2H3,(H,22,24). The smallest absolute Gasteiger partial charge is 0.243 e. The first-order valence-corrected chi connectivity index (χ1v) is 10.8. The number of sulfonamides is 1. The largest absolute Gasteiger partial charge is 0.325 e. The van der Waals surface area contributed by atoms with Crippen LogP contribution < -0.4 is 5.32 Å². The molecule has 0 aliphatic carbocycles. The van der Waals surface area contributed by atoms with Crippen LogP contribution in [0.4, 0.5) is 5.69 Å². The molecule has 0 saturated carbocycles. The van der Waals surface area contributed by atoms with Gasteiger partial charge in [-0.1, -0.05) is 44.0 Å². The molecule has 0 unspecified atom stereocenters. The summed E-state index contributed by atoms with van der Waals surface area (Å²) in [5, 5.41) is 3.21. The lowest BCUT2D eigenvalue weighted by molar-refractivity contribution is -0.116. The molecule has 1 N–H and O–H groups in total. The first-order chi connectivity index (χ1) is 12.9. The fourth-order valence-electron chi connectivity index (χ4n) is 2.62. The normalized spacial score (nSPS) is 11.6. The molecule has 7 heteroatoms. The SMILES string of the molecule is CCCCc1ccc(NC(=O)CN(CC)S(=O)(=O)c2ccc(Cl)cc2)cc1. The van der Waals surface area contributed by atoms with Crippen LogP contribution in [-0.4, -0.2) is 31.7 Å². The molecule has 2 aromatic rings. The Morgan fingerprint density at radius 3 is 2.22 bits per heavy atom. The van der Waals surface area contributed by atoms with E-state index < -0.39 is 10.0 Å². The molecule has 1 amide bonds. The number of amides is 1. The van der Waals surface area contributed by atoms with Crippen molar-refractivity contribution in [2.24, 2.45) is 0 Å². The van der Waals surface area contributed by atoms with Gasteiger partial charge in [-0.25, -0.2) is 8.42 Å². The molecule has 0 radical (unpaired) electrons. The quantitative estimate of drug-likeness (QED) is 0.671. The fourth-order valence-corrected chi connectivity index (χ4v) is 4.15. The lowest BCUT2D eigenvalue weighted by Crippen LogP contribution is -2.37. The van der Waals surface area contributed by atoms with E-state index in [1.165, 1.54) is 29.8 Å². The van der Waals surface area contributed by atoms with E-state index in [2.05, 4.69) is 12.2 Å². The van der Waals surface area contributed by atoms with Gasteiger partial charge in [-0.15, -0.1) is 0 Å². The molecule has 2 rings (SSSR count). The van der Waals surface area contributed by atoms with Crippen molar-refractivity contribution in [1.82, 2.24) is 4.31 Å².